The number of carbonyl (C=O) groups is 2. The van der Waals surface area contributed by atoms with Gasteiger partial charge in [-0.1, -0.05) is 209 Å². The maximum absolute atomic E-state index is 12.7. The van der Waals surface area contributed by atoms with Crippen molar-refractivity contribution in [3.63, 3.8) is 0 Å². The second kappa shape index (κ2) is 50.9. The molecular formula is C55H98NO8P. The summed E-state index contributed by atoms with van der Waals surface area (Å²) >= 11 is 0. The Morgan fingerprint density at radius 2 is 0.846 bits per heavy atom. The molecule has 0 heterocycles. The summed E-state index contributed by atoms with van der Waals surface area (Å²) in [4.78, 5) is 35.1. The van der Waals surface area contributed by atoms with Gasteiger partial charge in [-0.3, -0.25) is 18.6 Å². The summed E-state index contributed by atoms with van der Waals surface area (Å²) in [5.74, 6) is -0.836. The van der Waals surface area contributed by atoms with Crippen LogP contribution in [0.15, 0.2) is 72.9 Å². The maximum atomic E-state index is 12.7. The van der Waals surface area contributed by atoms with E-state index in [1.165, 1.54) is 122 Å². The molecule has 0 aliphatic carbocycles. The number of phosphoric acid groups is 1. The van der Waals surface area contributed by atoms with Gasteiger partial charge in [-0.25, -0.2) is 4.57 Å². The van der Waals surface area contributed by atoms with Gasteiger partial charge in [-0.15, -0.1) is 0 Å². The minimum Gasteiger partial charge on any atom is -0.462 e. The summed E-state index contributed by atoms with van der Waals surface area (Å²) in [7, 11) is -4.39. The molecule has 0 aromatic rings. The van der Waals surface area contributed by atoms with Crippen molar-refractivity contribution in [2.24, 2.45) is 5.73 Å². The van der Waals surface area contributed by atoms with E-state index >= 15 is 0 Å². The number of esters is 2. The van der Waals surface area contributed by atoms with Crippen molar-refractivity contribution in [3.05, 3.63) is 72.9 Å². The molecule has 0 aliphatic rings. The summed E-state index contributed by atoms with van der Waals surface area (Å²) in [5, 5.41) is 0. The predicted octanol–water partition coefficient (Wildman–Crippen LogP) is 16.2. The third-order valence-electron chi connectivity index (χ3n) is 11.1. The smallest absolute Gasteiger partial charge is 0.462 e. The van der Waals surface area contributed by atoms with Crippen LogP contribution in [0.4, 0.5) is 0 Å². The van der Waals surface area contributed by atoms with Crippen molar-refractivity contribution >= 4 is 19.8 Å². The molecule has 0 radical (unpaired) electrons. The third kappa shape index (κ3) is 50.7. The Balaban J connectivity index is 4.06. The molecule has 0 amide bonds. The maximum Gasteiger partial charge on any atom is 0.472 e. The fourth-order valence-corrected chi connectivity index (χ4v) is 7.95. The highest BCUT2D eigenvalue weighted by Gasteiger charge is 2.26. The quantitative estimate of drug-likeness (QED) is 0.0265. The highest BCUT2D eigenvalue weighted by molar-refractivity contribution is 7.47. The van der Waals surface area contributed by atoms with E-state index in [0.29, 0.717) is 6.42 Å². The lowest BCUT2D eigenvalue weighted by Gasteiger charge is -2.19. The summed E-state index contributed by atoms with van der Waals surface area (Å²) in [6.07, 6.45) is 63.6. The molecule has 0 aromatic carbocycles. The average Bonchev–Trinajstić information content (AvgIpc) is 3.30. The molecule has 3 N–H and O–H groups in total. The molecule has 0 saturated heterocycles. The van der Waals surface area contributed by atoms with Gasteiger partial charge in [0.15, 0.2) is 6.10 Å². The molecule has 0 rings (SSSR count). The Morgan fingerprint density at radius 1 is 0.477 bits per heavy atom. The first-order valence-electron chi connectivity index (χ1n) is 26.4. The standard InChI is InChI=1S/C55H98NO8P/c1-3-5-7-9-11-13-15-17-19-21-23-24-25-26-27-28-30-32-34-36-38-40-42-44-46-48-55(58)64-53(52-63-65(59,60)62-50-49-56)51-61-54(57)47-45-43-41-39-37-35-33-31-29-22-20-18-16-14-12-10-8-6-4-2/h5,7,11,13,17-20,23-24,26-27,53H,3-4,6,8-10,12,14-16,21-22,25,28-52,56H2,1-2H3,(H,59,60)/b7-5-,13-11-,19-17-,20-18-,24-23-,27-26-. The SMILES string of the molecule is CC/C=C\C/C=C\C/C=C\C/C=C\C/C=C\CCCCCCCCCCCC(=O)OC(COC(=O)CCCCCCCCCCC/C=C\CCCCCCCC)COP(=O)(O)OCCN. The van der Waals surface area contributed by atoms with Crippen molar-refractivity contribution in [1.82, 2.24) is 0 Å². The normalized spacial score (nSPS) is 13.7. The van der Waals surface area contributed by atoms with E-state index in [-0.39, 0.29) is 38.6 Å². The fourth-order valence-electron chi connectivity index (χ4n) is 7.19. The number of ether oxygens (including phenoxy) is 2. The van der Waals surface area contributed by atoms with Crippen molar-refractivity contribution < 1.29 is 37.6 Å². The van der Waals surface area contributed by atoms with Crippen LogP contribution in [0.5, 0.6) is 0 Å². The van der Waals surface area contributed by atoms with Crippen LogP contribution in [-0.2, 0) is 32.7 Å². The Kier molecular flexibility index (Phi) is 48.9. The number of phosphoric ester groups is 1. The van der Waals surface area contributed by atoms with E-state index in [2.05, 4.69) is 86.8 Å². The van der Waals surface area contributed by atoms with E-state index < -0.39 is 26.5 Å². The largest absolute Gasteiger partial charge is 0.472 e. The summed E-state index contributed by atoms with van der Waals surface area (Å²) in [5.41, 5.74) is 5.37. The fraction of sp³-hybridized carbons (Fsp3) is 0.745. The second-order valence-corrected chi connectivity index (χ2v) is 18.8. The van der Waals surface area contributed by atoms with Crippen molar-refractivity contribution in [2.45, 2.75) is 238 Å². The summed E-state index contributed by atoms with van der Waals surface area (Å²) in [6, 6.07) is 0. The van der Waals surface area contributed by atoms with E-state index in [4.69, 9.17) is 24.3 Å². The number of carbonyl (C=O) groups excluding carboxylic acids is 2. The lowest BCUT2D eigenvalue weighted by molar-refractivity contribution is -0.161. The van der Waals surface area contributed by atoms with Gasteiger partial charge in [0, 0.05) is 19.4 Å². The second-order valence-electron chi connectivity index (χ2n) is 17.4. The highest BCUT2D eigenvalue weighted by atomic mass is 31.2. The van der Waals surface area contributed by atoms with Gasteiger partial charge in [-0.2, -0.15) is 0 Å². The summed E-state index contributed by atoms with van der Waals surface area (Å²) in [6.45, 7) is 3.63. The molecule has 376 valence electrons. The lowest BCUT2D eigenvalue weighted by atomic mass is 10.1. The number of allylic oxidation sites excluding steroid dienone is 12. The third-order valence-corrected chi connectivity index (χ3v) is 12.1. The number of hydrogen-bond acceptors (Lipinski definition) is 8. The van der Waals surface area contributed by atoms with Gasteiger partial charge < -0.3 is 20.1 Å². The molecule has 0 spiro atoms. The van der Waals surface area contributed by atoms with Gasteiger partial charge in [0.05, 0.1) is 13.2 Å². The van der Waals surface area contributed by atoms with Crippen molar-refractivity contribution in [2.75, 3.05) is 26.4 Å². The molecule has 2 atom stereocenters. The molecule has 0 fully saturated rings. The van der Waals surface area contributed by atoms with E-state index in [9.17, 15) is 19.0 Å². The van der Waals surface area contributed by atoms with Gasteiger partial charge in [0.1, 0.15) is 6.61 Å². The van der Waals surface area contributed by atoms with Crippen LogP contribution < -0.4 is 5.73 Å². The zero-order valence-electron chi connectivity index (χ0n) is 41.7. The first-order chi connectivity index (χ1) is 31.8. The molecule has 9 nitrogen and oxygen atoms in total. The van der Waals surface area contributed by atoms with Crippen LogP contribution in [0.25, 0.3) is 0 Å². The van der Waals surface area contributed by atoms with Gasteiger partial charge in [0.2, 0.25) is 0 Å². The number of unbranched alkanes of at least 4 members (excludes halogenated alkanes) is 24. The first-order valence-corrected chi connectivity index (χ1v) is 27.9. The molecule has 65 heavy (non-hydrogen) atoms. The van der Waals surface area contributed by atoms with Gasteiger partial charge in [0.25, 0.3) is 0 Å². The Labute approximate surface area is 399 Å². The first kappa shape index (κ1) is 62.4. The van der Waals surface area contributed by atoms with Crippen LogP contribution in [0.2, 0.25) is 0 Å². The van der Waals surface area contributed by atoms with E-state index in [1.807, 2.05) is 0 Å². The molecule has 0 aliphatic heterocycles. The lowest BCUT2D eigenvalue weighted by Crippen LogP contribution is -2.29. The van der Waals surface area contributed by atoms with Gasteiger partial charge >= 0.3 is 19.8 Å². The van der Waals surface area contributed by atoms with Gasteiger partial charge in [-0.05, 0) is 83.5 Å². The predicted molar refractivity (Wildman–Crippen MR) is 275 cm³/mol. The Hall–Kier alpha value is -2.55. The number of hydrogen-bond donors (Lipinski definition) is 2. The van der Waals surface area contributed by atoms with Crippen molar-refractivity contribution in [1.29, 1.82) is 0 Å². The average molecular weight is 932 g/mol. The van der Waals surface area contributed by atoms with Crippen LogP contribution in [-0.4, -0.2) is 49.3 Å². The zero-order valence-corrected chi connectivity index (χ0v) is 42.6. The summed E-state index contributed by atoms with van der Waals surface area (Å²) < 4.78 is 33.0. The molecule has 0 saturated carbocycles. The van der Waals surface area contributed by atoms with Crippen LogP contribution in [0.3, 0.4) is 0 Å². The molecular weight excluding hydrogens is 834 g/mol. The molecule has 10 heteroatoms. The zero-order chi connectivity index (χ0) is 47.4. The monoisotopic (exact) mass is 932 g/mol. The minimum atomic E-state index is -4.39. The van der Waals surface area contributed by atoms with Crippen LogP contribution in [0, 0.1) is 0 Å². The number of rotatable bonds is 49. The molecule has 0 bridgehead atoms. The number of nitrogens with two attached hydrogens (primary N) is 1. The molecule has 2 unspecified atom stereocenters. The van der Waals surface area contributed by atoms with E-state index in [0.717, 1.165) is 77.0 Å². The Morgan fingerprint density at radius 3 is 1.28 bits per heavy atom. The Bertz CT molecular complexity index is 1290. The minimum absolute atomic E-state index is 0.0495. The topological polar surface area (TPSA) is 134 Å². The van der Waals surface area contributed by atoms with Crippen LogP contribution in [0.1, 0.15) is 232 Å². The van der Waals surface area contributed by atoms with Crippen LogP contribution >= 0.6 is 7.82 Å². The molecule has 0 aromatic heterocycles. The highest BCUT2D eigenvalue weighted by Crippen LogP contribution is 2.43. The van der Waals surface area contributed by atoms with Crippen molar-refractivity contribution in [3.8, 4) is 0 Å². The van der Waals surface area contributed by atoms with E-state index in [1.54, 1.807) is 0 Å².